The van der Waals surface area contributed by atoms with Crippen LogP contribution in [0.15, 0.2) is 4.42 Å². The van der Waals surface area contributed by atoms with E-state index in [1.807, 2.05) is 0 Å². The molecule has 7 heteroatoms. The molecule has 1 unspecified atom stereocenters. The van der Waals surface area contributed by atoms with E-state index in [0.29, 0.717) is 0 Å². The van der Waals surface area contributed by atoms with Gasteiger partial charge in [-0.1, -0.05) is 0 Å². The molecule has 0 fully saturated rings. The van der Waals surface area contributed by atoms with Crippen LogP contribution in [0.4, 0.5) is 13.2 Å². The van der Waals surface area contributed by atoms with Gasteiger partial charge in [0.15, 0.2) is 0 Å². The number of rotatable bonds is 2. The Kier molecular flexibility index (Phi) is 2.81. The minimum Gasteiger partial charge on any atom is -0.436 e. The summed E-state index contributed by atoms with van der Waals surface area (Å²) in [6.45, 7) is 0.844. The van der Waals surface area contributed by atoms with Crippen LogP contribution in [0.2, 0.25) is 0 Å². The maximum absolute atomic E-state index is 12.1. The van der Waals surface area contributed by atoms with E-state index in [4.69, 9.17) is 10.8 Å². The van der Waals surface area contributed by atoms with Crippen LogP contribution in [-0.2, 0) is 6.18 Å². The van der Waals surface area contributed by atoms with Gasteiger partial charge in [-0.15, -0.1) is 0 Å². The molecule has 0 saturated heterocycles. The molecule has 0 aromatic carbocycles. The second-order valence-electron chi connectivity index (χ2n) is 2.76. The van der Waals surface area contributed by atoms with Crippen molar-refractivity contribution in [3.8, 4) is 0 Å². The number of aliphatic hydroxyl groups is 1. The molecular formula is C7H9F3N2O2. The van der Waals surface area contributed by atoms with Gasteiger partial charge in [0, 0.05) is 0 Å². The van der Waals surface area contributed by atoms with Gasteiger partial charge in [-0.2, -0.15) is 13.2 Å². The lowest BCUT2D eigenvalue weighted by atomic mass is 10.2. The molecular weight excluding hydrogens is 201 g/mol. The van der Waals surface area contributed by atoms with Crippen LogP contribution in [0.5, 0.6) is 0 Å². The highest BCUT2D eigenvalue weighted by molar-refractivity contribution is 5.13. The van der Waals surface area contributed by atoms with E-state index in [9.17, 15) is 13.2 Å². The highest BCUT2D eigenvalue weighted by Gasteiger charge is 2.38. The highest BCUT2D eigenvalue weighted by atomic mass is 19.4. The van der Waals surface area contributed by atoms with Crippen LogP contribution in [0.25, 0.3) is 0 Å². The normalized spacial score (nSPS) is 14.4. The fourth-order valence-corrected chi connectivity index (χ4v) is 0.956. The lowest BCUT2D eigenvalue weighted by Gasteiger charge is -2.04. The second-order valence-corrected chi connectivity index (χ2v) is 2.76. The fourth-order valence-electron chi connectivity index (χ4n) is 0.956. The predicted octanol–water partition coefficient (Wildman–Crippen LogP) is 0.994. The monoisotopic (exact) mass is 210 g/mol. The summed E-state index contributed by atoms with van der Waals surface area (Å²) in [5.74, 6) is -1.48. The van der Waals surface area contributed by atoms with Crippen molar-refractivity contribution in [3.05, 3.63) is 17.3 Å². The summed E-state index contributed by atoms with van der Waals surface area (Å²) in [7, 11) is 0. The first kappa shape index (κ1) is 11.0. The number of aryl methyl sites for hydroxylation is 1. The van der Waals surface area contributed by atoms with Crippen LogP contribution in [0.1, 0.15) is 23.4 Å². The minimum atomic E-state index is -4.63. The highest BCUT2D eigenvalue weighted by Crippen LogP contribution is 2.31. The van der Waals surface area contributed by atoms with E-state index < -0.39 is 24.7 Å². The molecule has 80 valence electrons. The number of hydrogen-bond donors (Lipinski definition) is 2. The van der Waals surface area contributed by atoms with Gasteiger partial charge in [-0.25, -0.2) is 4.98 Å². The lowest BCUT2D eigenvalue weighted by molar-refractivity contribution is -0.157. The summed E-state index contributed by atoms with van der Waals surface area (Å²) in [6, 6.07) is -0.974. The summed E-state index contributed by atoms with van der Waals surface area (Å²) >= 11 is 0. The van der Waals surface area contributed by atoms with Crippen LogP contribution < -0.4 is 5.73 Å². The Morgan fingerprint density at radius 3 is 2.50 bits per heavy atom. The van der Waals surface area contributed by atoms with E-state index in [1.54, 1.807) is 0 Å². The quantitative estimate of drug-likeness (QED) is 0.763. The third-order valence-electron chi connectivity index (χ3n) is 1.61. The van der Waals surface area contributed by atoms with Crippen molar-refractivity contribution in [3.63, 3.8) is 0 Å². The number of nitrogens with two attached hydrogens (primary N) is 1. The van der Waals surface area contributed by atoms with Gasteiger partial charge in [0.1, 0.15) is 5.76 Å². The zero-order valence-electron chi connectivity index (χ0n) is 7.30. The Balaban J connectivity index is 3.05. The van der Waals surface area contributed by atoms with E-state index in [0.717, 1.165) is 0 Å². The summed E-state index contributed by atoms with van der Waals surface area (Å²) < 4.78 is 40.7. The number of oxazole rings is 1. The molecule has 1 aromatic heterocycles. The van der Waals surface area contributed by atoms with E-state index in [-0.39, 0.29) is 11.5 Å². The smallest absolute Gasteiger partial charge is 0.436 e. The van der Waals surface area contributed by atoms with Gasteiger partial charge in [-0.05, 0) is 6.92 Å². The number of hydrogen-bond acceptors (Lipinski definition) is 4. The van der Waals surface area contributed by atoms with Gasteiger partial charge < -0.3 is 15.3 Å². The minimum absolute atomic E-state index is 0.0406. The Morgan fingerprint density at radius 1 is 1.57 bits per heavy atom. The Labute approximate surface area is 77.5 Å². The van der Waals surface area contributed by atoms with Gasteiger partial charge >= 0.3 is 12.1 Å². The van der Waals surface area contributed by atoms with Crippen LogP contribution in [-0.4, -0.2) is 16.7 Å². The molecule has 4 nitrogen and oxygen atoms in total. The van der Waals surface area contributed by atoms with Crippen molar-refractivity contribution in [2.24, 2.45) is 5.73 Å². The summed E-state index contributed by atoms with van der Waals surface area (Å²) in [5.41, 5.74) is 5.34. The van der Waals surface area contributed by atoms with Gasteiger partial charge in [0.05, 0.1) is 18.3 Å². The van der Waals surface area contributed by atoms with Gasteiger partial charge in [0.25, 0.3) is 0 Å². The summed E-state index contributed by atoms with van der Waals surface area (Å²) in [4.78, 5) is 3.17. The Morgan fingerprint density at radius 2 is 2.14 bits per heavy atom. The summed E-state index contributed by atoms with van der Waals surface area (Å²) in [6.07, 6.45) is -4.63. The van der Waals surface area contributed by atoms with Crippen molar-refractivity contribution in [2.45, 2.75) is 19.1 Å². The molecule has 14 heavy (non-hydrogen) atoms. The molecule has 1 aromatic rings. The standard InChI is InChI=1S/C7H9F3N2O2/c1-3-5(4(11)2-13)14-6(12-3)7(8,9)10/h4,13H,2,11H2,1H3. The molecule has 0 aliphatic carbocycles. The molecule has 0 aliphatic rings. The van der Waals surface area contributed by atoms with Crippen LogP contribution >= 0.6 is 0 Å². The lowest BCUT2D eigenvalue weighted by Crippen LogP contribution is -2.14. The third-order valence-corrected chi connectivity index (χ3v) is 1.61. The molecule has 0 saturated carbocycles. The average molecular weight is 210 g/mol. The molecule has 0 aliphatic heterocycles. The van der Waals surface area contributed by atoms with Crippen LogP contribution in [0, 0.1) is 6.92 Å². The SMILES string of the molecule is Cc1nc(C(F)(F)F)oc1C(N)CO. The fraction of sp³-hybridized carbons (Fsp3) is 0.571. The van der Waals surface area contributed by atoms with Gasteiger partial charge in [-0.3, -0.25) is 0 Å². The Hall–Kier alpha value is -1.08. The average Bonchev–Trinajstić information content (AvgIpc) is 2.45. The molecule has 0 amide bonds. The molecule has 1 heterocycles. The molecule has 0 radical (unpaired) electrons. The van der Waals surface area contributed by atoms with E-state index in [2.05, 4.69) is 9.40 Å². The van der Waals surface area contributed by atoms with Crippen LogP contribution in [0.3, 0.4) is 0 Å². The molecule has 3 N–H and O–H groups in total. The largest absolute Gasteiger partial charge is 0.468 e. The van der Waals surface area contributed by atoms with Crippen molar-refractivity contribution in [2.75, 3.05) is 6.61 Å². The van der Waals surface area contributed by atoms with Crippen molar-refractivity contribution in [1.82, 2.24) is 4.98 Å². The first-order valence-corrected chi connectivity index (χ1v) is 3.77. The molecule has 1 atom stereocenters. The molecule has 0 spiro atoms. The number of nitrogens with zero attached hydrogens (tertiary/aromatic N) is 1. The van der Waals surface area contributed by atoms with E-state index in [1.165, 1.54) is 6.92 Å². The van der Waals surface area contributed by atoms with Crippen molar-refractivity contribution >= 4 is 0 Å². The number of aromatic nitrogens is 1. The number of alkyl halides is 3. The maximum Gasteiger partial charge on any atom is 0.468 e. The summed E-state index contributed by atoms with van der Waals surface area (Å²) in [5, 5.41) is 8.63. The third kappa shape index (κ3) is 2.05. The topological polar surface area (TPSA) is 72.3 Å². The van der Waals surface area contributed by atoms with Gasteiger partial charge in [0.2, 0.25) is 0 Å². The maximum atomic E-state index is 12.1. The molecule has 0 bridgehead atoms. The molecule has 1 rings (SSSR count). The van der Waals surface area contributed by atoms with Crippen molar-refractivity contribution < 1.29 is 22.7 Å². The first-order valence-electron chi connectivity index (χ1n) is 3.77. The zero-order chi connectivity index (χ0) is 10.9. The first-order chi connectivity index (χ1) is 6.36. The Bertz CT molecular complexity index is 321. The van der Waals surface area contributed by atoms with Crippen molar-refractivity contribution in [1.29, 1.82) is 0 Å². The second kappa shape index (κ2) is 3.58. The predicted molar refractivity (Wildman–Crippen MR) is 40.3 cm³/mol. The zero-order valence-corrected chi connectivity index (χ0v) is 7.30. The number of aliphatic hydroxyl groups excluding tert-OH is 1. The van der Waals surface area contributed by atoms with E-state index >= 15 is 0 Å². The number of halogens is 3.